The Labute approximate surface area is 148 Å². The maximum absolute atomic E-state index is 13.3. The third kappa shape index (κ3) is 2.71. The summed E-state index contributed by atoms with van der Waals surface area (Å²) >= 11 is 0. The van der Waals surface area contributed by atoms with Gasteiger partial charge >= 0.3 is 0 Å². The van der Waals surface area contributed by atoms with E-state index in [1.807, 2.05) is 29.2 Å². The van der Waals surface area contributed by atoms with Gasteiger partial charge in [0.15, 0.2) is 0 Å². The highest BCUT2D eigenvalue weighted by molar-refractivity contribution is 6.07. The Bertz CT molecular complexity index is 773. The van der Waals surface area contributed by atoms with Gasteiger partial charge in [0, 0.05) is 17.8 Å². The molecule has 1 aliphatic heterocycles. The van der Waals surface area contributed by atoms with Crippen LogP contribution in [0.4, 0.5) is 5.69 Å². The highest BCUT2D eigenvalue weighted by atomic mass is 16.5. The molecule has 25 heavy (non-hydrogen) atoms. The zero-order valence-electron chi connectivity index (χ0n) is 15.0. The van der Waals surface area contributed by atoms with E-state index >= 15 is 0 Å². The topological polar surface area (TPSA) is 47.4 Å². The zero-order valence-corrected chi connectivity index (χ0v) is 15.0. The molecule has 5 nitrogen and oxygen atoms in total. The number of methoxy groups -OCH3 is 1. The summed E-state index contributed by atoms with van der Waals surface area (Å²) in [6.45, 7) is 2.84. The molecule has 132 valence electrons. The fraction of sp³-hybridized carbons (Fsp3) is 0.500. The average molecular weight is 339 g/mol. The highest BCUT2D eigenvalue weighted by Gasteiger charge is 2.34. The van der Waals surface area contributed by atoms with Crippen LogP contribution >= 0.6 is 0 Å². The van der Waals surface area contributed by atoms with Gasteiger partial charge in [0.25, 0.3) is 5.91 Å². The van der Waals surface area contributed by atoms with Gasteiger partial charge in [-0.2, -0.15) is 5.10 Å². The minimum absolute atomic E-state index is 0.0884. The Morgan fingerprint density at radius 1 is 1.20 bits per heavy atom. The van der Waals surface area contributed by atoms with Gasteiger partial charge in [-0.3, -0.25) is 9.48 Å². The Kier molecular flexibility index (Phi) is 4.24. The maximum atomic E-state index is 13.3. The maximum Gasteiger partial charge on any atom is 0.276 e. The number of hydrogen-bond acceptors (Lipinski definition) is 3. The van der Waals surface area contributed by atoms with Crippen molar-refractivity contribution in [3.05, 3.63) is 41.2 Å². The van der Waals surface area contributed by atoms with E-state index in [1.165, 1.54) is 18.4 Å². The molecule has 0 N–H and O–H groups in total. The van der Waals surface area contributed by atoms with Gasteiger partial charge in [-0.15, -0.1) is 0 Å². The first-order chi connectivity index (χ1) is 12.2. The molecule has 0 atom stereocenters. The van der Waals surface area contributed by atoms with Crippen molar-refractivity contribution in [1.29, 1.82) is 0 Å². The molecule has 2 aromatic rings. The molecule has 1 saturated carbocycles. The SMILES string of the molecule is CCc1nn(C2CCCC2)c2c1CCN(c1ccc(OC)cc1)C2=O. The van der Waals surface area contributed by atoms with Crippen molar-refractivity contribution in [2.75, 3.05) is 18.6 Å². The molecule has 0 saturated heterocycles. The van der Waals surface area contributed by atoms with E-state index in [1.54, 1.807) is 7.11 Å². The second-order valence-electron chi connectivity index (χ2n) is 6.92. The minimum atomic E-state index is 0.0884. The summed E-state index contributed by atoms with van der Waals surface area (Å²) in [5.41, 5.74) is 4.02. The Balaban J connectivity index is 1.72. The lowest BCUT2D eigenvalue weighted by atomic mass is 10.0. The molecule has 0 unspecified atom stereocenters. The van der Waals surface area contributed by atoms with Crippen LogP contribution in [-0.4, -0.2) is 29.3 Å². The molecule has 1 aromatic carbocycles. The molecular weight excluding hydrogens is 314 g/mol. The number of aromatic nitrogens is 2. The standard InChI is InChI=1S/C20H25N3O2/c1-3-18-17-12-13-22(14-8-10-16(25-2)11-9-14)20(24)19(17)23(21-18)15-6-4-5-7-15/h8-11,15H,3-7,12-13H2,1-2H3. The second kappa shape index (κ2) is 6.54. The van der Waals surface area contributed by atoms with Crippen LogP contribution in [0.2, 0.25) is 0 Å². The summed E-state index contributed by atoms with van der Waals surface area (Å²) in [4.78, 5) is 15.2. The number of carbonyl (C=O) groups excluding carboxylic acids is 1. The zero-order chi connectivity index (χ0) is 17.4. The lowest BCUT2D eigenvalue weighted by molar-refractivity contribution is 0.0967. The predicted molar refractivity (Wildman–Crippen MR) is 97.5 cm³/mol. The summed E-state index contributed by atoms with van der Waals surface area (Å²) in [5, 5.41) is 4.85. The first-order valence-corrected chi connectivity index (χ1v) is 9.29. The molecule has 0 bridgehead atoms. The molecule has 0 radical (unpaired) electrons. The second-order valence-corrected chi connectivity index (χ2v) is 6.92. The predicted octanol–water partition coefficient (Wildman–Crippen LogP) is 3.77. The number of hydrogen-bond donors (Lipinski definition) is 0. The number of aryl methyl sites for hydroxylation is 1. The van der Waals surface area contributed by atoms with Crippen LogP contribution in [-0.2, 0) is 12.8 Å². The van der Waals surface area contributed by atoms with E-state index in [0.717, 1.165) is 48.5 Å². The third-order valence-corrected chi connectivity index (χ3v) is 5.51. The fourth-order valence-corrected chi connectivity index (χ4v) is 4.16. The van der Waals surface area contributed by atoms with Gasteiger partial charge in [0.2, 0.25) is 0 Å². The van der Waals surface area contributed by atoms with Gasteiger partial charge in [-0.25, -0.2) is 0 Å². The Morgan fingerprint density at radius 2 is 1.92 bits per heavy atom. The van der Waals surface area contributed by atoms with E-state index in [9.17, 15) is 4.79 Å². The van der Waals surface area contributed by atoms with Crippen LogP contribution in [0.1, 0.15) is 60.4 Å². The third-order valence-electron chi connectivity index (χ3n) is 5.51. The van der Waals surface area contributed by atoms with E-state index < -0.39 is 0 Å². The number of amides is 1. The van der Waals surface area contributed by atoms with Gasteiger partial charge in [-0.1, -0.05) is 19.8 Å². The van der Waals surface area contributed by atoms with Crippen LogP contribution in [0.25, 0.3) is 0 Å². The van der Waals surface area contributed by atoms with Crippen LogP contribution < -0.4 is 9.64 Å². The van der Waals surface area contributed by atoms with Crippen LogP contribution in [0.3, 0.4) is 0 Å². The number of carbonyl (C=O) groups is 1. The van der Waals surface area contributed by atoms with Crippen molar-refractivity contribution in [2.45, 2.75) is 51.5 Å². The number of benzene rings is 1. The van der Waals surface area contributed by atoms with Crippen molar-refractivity contribution in [1.82, 2.24) is 9.78 Å². The van der Waals surface area contributed by atoms with Crippen molar-refractivity contribution in [3.63, 3.8) is 0 Å². The molecular formula is C20H25N3O2. The first kappa shape index (κ1) is 16.2. The normalized spacial score (nSPS) is 17.8. The Morgan fingerprint density at radius 3 is 2.56 bits per heavy atom. The molecule has 2 aliphatic rings. The Hall–Kier alpha value is -2.30. The number of rotatable bonds is 4. The number of fused-ring (bicyclic) bond motifs is 1. The summed E-state index contributed by atoms with van der Waals surface area (Å²) in [5.74, 6) is 0.892. The van der Waals surface area contributed by atoms with Gasteiger partial charge in [0.1, 0.15) is 11.4 Å². The molecule has 4 rings (SSSR count). The average Bonchev–Trinajstić information content (AvgIpc) is 3.30. The van der Waals surface area contributed by atoms with Crippen LogP contribution in [0.5, 0.6) is 5.75 Å². The quantitative estimate of drug-likeness (QED) is 0.852. The van der Waals surface area contributed by atoms with Gasteiger partial charge in [-0.05, 0) is 49.9 Å². The number of anilines is 1. The summed E-state index contributed by atoms with van der Waals surface area (Å²) in [6.07, 6.45) is 6.50. The fourth-order valence-electron chi connectivity index (χ4n) is 4.16. The first-order valence-electron chi connectivity index (χ1n) is 9.29. The van der Waals surface area contributed by atoms with Gasteiger partial charge in [0.05, 0.1) is 18.8 Å². The van der Waals surface area contributed by atoms with E-state index in [2.05, 4.69) is 11.6 Å². The lowest BCUT2D eigenvalue weighted by Gasteiger charge is -2.28. The molecule has 1 aliphatic carbocycles. The molecule has 0 spiro atoms. The monoisotopic (exact) mass is 339 g/mol. The van der Waals surface area contributed by atoms with Crippen molar-refractivity contribution in [3.8, 4) is 5.75 Å². The summed E-state index contributed by atoms with van der Waals surface area (Å²) in [6, 6.07) is 8.11. The summed E-state index contributed by atoms with van der Waals surface area (Å²) < 4.78 is 7.28. The molecule has 2 heterocycles. The molecule has 1 aromatic heterocycles. The van der Waals surface area contributed by atoms with Crippen molar-refractivity contribution in [2.24, 2.45) is 0 Å². The lowest BCUT2D eigenvalue weighted by Crippen LogP contribution is -2.39. The van der Waals surface area contributed by atoms with E-state index in [-0.39, 0.29) is 5.91 Å². The van der Waals surface area contributed by atoms with E-state index in [4.69, 9.17) is 9.84 Å². The smallest absolute Gasteiger partial charge is 0.276 e. The van der Waals surface area contributed by atoms with Crippen LogP contribution in [0, 0.1) is 0 Å². The van der Waals surface area contributed by atoms with Gasteiger partial charge < -0.3 is 9.64 Å². The molecule has 1 fully saturated rings. The molecule has 1 amide bonds. The van der Waals surface area contributed by atoms with Crippen LogP contribution in [0.15, 0.2) is 24.3 Å². The van der Waals surface area contributed by atoms with Crippen molar-refractivity contribution >= 4 is 11.6 Å². The molecule has 5 heteroatoms. The van der Waals surface area contributed by atoms with E-state index in [0.29, 0.717) is 12.6 Å². The highest BCUT2D eigenvalue weighted by Crippen LogP contribution is 2.35. The van der Waals surface area contributed by atoms with Crippen molar-refractivity contribution < 1.29 is 9.53 Å². The largest absolute Gasteiger partial charge is 0.497 e. The number of ether oxygens (including phenoxy) is 1. The summed E-state index contributed by atoms with van der Waals surface area (Å²) in [7, 11) is 1.65. The minimum Gasteiger partial charge on any atom is -0.497 e. The number of nitrogens with zero attached hydrogens (tertiary/aromatic N) is 3.